The second kappa shape index (κ2) is 15.9. The van der Waals surface area contributed by atoms with Crippen molar-refractivity contribution < 1.29 is 59.8 Å². The summed E-state index contributed by atoms with van der Waals surface area (Å²) in [5.74, 6) is -5.65. The van der Waals surface area contributed by atoms with Gasteiger partial charge in [-0.15, -0.1) is 0 Å². The SMILES string of the molecule is COc1cccc2[nH]c(C(=O)NC(CC(C)C)C(=O)NC(CC3CCCNC3=O)C(=O)COC(=O)c3c(C(F)(F)F)cccc3C(F)(F)F)cc12. The maximum atomic E-state index is 13.7. The third-order valence-electron chi connectivity index (χ3n) is 8.27. The van der Waals surface area contributed by atoms with Gasteiger partial charge in [-0.25, -0.2) is 4.79 Å². The van der Waals surface area contributed by atoms with Gasteiger partial charge < -0.3 is 30.4 Å². The Bertz CT molecular complexity index is 1750. The summed E-state index contributed by atoms with van der Waals surface area (Å²) in [4.78, 5) is 68.7. The van der Waals surface area contributed by atoms with Gasteiger partial charge in [0.05, 0.1) is 29.8 Å². The number of aromatic nitrogens is 1. The van der Waals surface area contributed by atoms with E-state index in [1.807, 2.05) is 0 Å². The van der Waals surface area contributed by atoms with Crippen LogP contribution in [0, 0.1) is 11.8 Å². The van der Waals surface area contributed by atoms with E-state index in [1.165, 1.54) is 13.2 Å². The molecule has 0 aliphatic carbocycles. The predicted molar refractivity (Wildman–Crippen MR) is 170 cm³/mol. The number of ether oxygens (including phenoxy) is 2. The van der Waals surface area contributed by atoms with E-state index >= 15 is 0 Å². The first kappa shape index (κ1) is 38.7. The monoisotopic (exact) mass is 726 g/mol. The molecule has 1 aliphatic heterocycles. The van der Waals surface area contributed by atoms with Crippen LogP contribution in [0.4, 0.5) is 26.3 Å². The number of ketones is 1. The summed E-state index contributed by atoms with van der Waals surface area (Å²) in [7, 11) is 1.46. The zero-order valence-corrected chi connectivity index (χ0v) is 27.7. The summed E-state index contributed by atoms with van der Waals surface area (Å²) < 4.78 is 91.8. The number of halogens is 6. The first-order valence-corrected chi connectivity index (χ1v) is 15.9. The van der Waals surface area contributed by atoms with E-state index in [2.05, 4.69) is 20.9 Å². The third-order valence-corrected chi connectivity index (χ3v) is 8.27. The van der Waals surface area contributed by atoms with Crippen molar-refractivity contribution in [1.29, 1.82) is 0 Å². The quantitative estimate of drug-likeness (QED) is 0.140. The van der Waals surface area contributed by atoms with E-state index in [0.29, 0.717) is 42.1 Å². The maximum Gasteiger partial charge on any atom is 0.417 e. The zero-order chi connectivity index (χ0) is 37.7. The standard InChI is InChI=1S/C34H36F6N4O7/c1-17(2)13-24(44-31(48)25-15-19-22(42-25)10-5-11-27(19)50-3)30(47)43-23(14-18-7-6-12-41-29(18)46)26(45)16-51-32(49)28-20(33(35,36)37)8-4-9-21(28)34(38,39)40/h4-5,8-11,15,17-18,23-24,42H,6-7,12-14,16H2,1-3H3,(H,41,46)(H,43,47)(H,44,48). The first-order chi connectivity index (χ1) is 23.9. The molecule has 4 rings (SSSR count). The van der Waals surface area contributed by atoms with E-state index in [1.54, 1.807) is 32.0 Å². The van der Waals surface area contributed by atoms with Crippen LogP contribution in [-0.4, -0.2) is 66.8 Å². The lowest BCUT2D eigenvalue weighted by Gasteiger charge is -2.28. The largest absolute Gasteiger partial charge is 0.496 e. The highest BCUT2D eigenvalue weighted by Crippen LogP contribution is 2.39. The van der Waals surface area contributed by atoms with E-state index < -0.39 is 83.1 Å². The van der Waals surface area contributed by atoms with Gasteiger partial charge in [0.25, 0.3) is 5.91 Å². The van der Waals surface area contributed by atoms with E-state index in [9.17, 15) is 50.3 Å². The maximum absolute atomic E-state index is 13.7. The Balaban J connectivity index is 1.57. The van der Waals surface area contributed by atoms with Gasteiger partial charge in [-0.1, -0.05) is 26.0 Å². The number of esters is 1. The van der Waals surface area contributed by atoms with Gasteiger partial charge in [-0.3, -0.25) is 19.2 Å². The minimum atomic E-state index is -5.38. The number of H-pyrrole nitrogens is 1. The Labute approximate surface area is 287 Å². The number of aromatic amines is 1. The molecule has 3 amide bonds. The van der Waals surface area contributed by atoms with Crippen LogP contribution in [0.3, 0.4) is 0 Å². The van der Waals surface area contributed by atoms with Gasteiger partial charge in [0.2, 0.25) is 11.8 Å². The van der Waals surface area contributed by atoms with E-state index in [4.69, 9.17) is 9.47 Å². The fourth-order valence-electron chi connectivity index (χ4n) is 5.81. The number of hydrogen-bond acceptors (Lipinski definition) is 7. The summed E-state index contributed by atoms with van der Waals surface area (Å²) in [5, 5.41) is 8.30. The van der Waals surface area contributed by atoms with Crippen molar-refractivity contribution in [3.63, 3.8) is 0 Å². The first-order valence-electron chi connectivity index (χ1n) is 15.9. The van der Waals surface area contributed by atoms with Crippen LogP contribution >= 0.6 is 0 Å². The molecule has 2 aromatic carbocycles. The number of nitrogens with one attached hydrogen (secondary N) is 4. The van der Waals surface area contributed by atoms with Crippen molar-refractivity contribution >= 4 is 40.4 Å². The number of carbonyl (C=O) groups is 5. The molecule has 3 aromatic rings. The lowest BCUT2D eigenvalue weighted by atomic mass is 9.90. The second-order valence-corrected chi connectivity index (χ2v) is 12.5. The number of piperidine rings is 1. The van der Waals surface area contributed by atoms with Gasteiger partial charge >= 0.3 is 18.3 Å². The molecule has 1 aliphatic rings. The number of amides is 3. The van der Waals surface area contributed by atoms with Crippen LogP contribution in [0.2, 0.25) is 0 Å². The fourth-order valence-corrected chi connectivity index (χ4v) is 5.81. The van der Waals surface area contributed by atoms with E-state index in [0.717, 1.165) is 0 Å². The number of carbonyl (C=O) groups excluding carboxylic acids is 5. The molecule has 2 heterocycles. The molecule has 1 fully saturated rings. The van der Waals surface area contributed by atoms with Crippen molar-refractivity contribution in [2.45, 2.75) is 64.0 Å². The number of methoxy groups -OCH3 is 1. The fraction of sp³-hybridized carbons (Fsp3) is 0.441. The molecule has 17 heteroatoms. The highest BCUT2D eigenvalue weighted by atomic mass is 19.4. The molecular weight excluding hydrogens is 690 g/mol. The number of alkyl halides is 6. The molecule has 4 N–H and O–H groups in total. The average molecular weight is 727 g/mol. The number of rotatable bonds is 13. The lowest BCUT2D eigenvalue weighted by Crippen LogP contribution is -2.54. The summed E-state index contributed by atoms with van der Waals surface area (Å²) in [5.41, 5.74) is -4.99. The number of hydrogen-bond donors (Lipinski definition) is 4. The molecule has 11 nitrogen and oxygen atoms in total. The Morgan fingerprint density at radius 3 is 2.18 bits per heavy atom. The summed E-state index contributed by atoms with van der Waals surface area (Å²) >= 11 is 0. The molecule has 0 bridgehead atoms. The Hall–Kier alpha value is -5.09. The molecule has 0 saturated carbocycles. The summed E-state index contributed by atoms with van der Waals surface area (Å²) in [6.45, 7) is 2.56. The van der Waals surface area contributed by atoms with Crippen LogP contribution in [-0.2, 0) is 31.5 Å². The average Bonchev–Trinajstić information content (AvgIpc) is 3.51. The number of benzene rings is 2. The van der Waals surface area contributed by atoms with E-state index in [-0.39, 0.29) is 36.6 Å². The second-order valence-electron chi connectivity index (χ2n) is 12.5. The van der Waals surface area contributed by atoms with Crippen molar-refractivity contribution in [2.24, 2.45) is 11.8 Å². The van der Waals surface area contributed by atoms with Crippen molar-refractivity contribution in [3.05, 3.63) is 64.8 Å². The van der Waals surface area contributed by atoms with Crippen LogP contribution in [0.15, 0.2) is 42.5 Å². The smallest absolute Gasteiger partial charge is 0.417 e. The lowest BCUT2D eigenvalue weighted by molar-refractivity contribution is -0.144. The van der Waals surface area contributed by atoms with Gasteiger partial charge in [0.1, 0.15) is 17.5 Å². The highest BCUT2D eigenvalue weighted by molar-refractivity contribution is 6.02. The van der Waals surface area contributed by atoms with Crippen LogP contribution in [0.5, 0.6) is 5.75 Å². The molecule has 3 unspecified atom stereocenters. The number of fused-ring (bicyclic) bond motifs is 1. The number of Topliss-reactive ketones (excluding diaryl/α,β-unsaturated/α-hetero) is 1. The molecule has 1 saturated heterocycles. The van der Waals surface area contributed by atoms with Crippen LogP contribution < -0.4 is 20.7 Å². The highest BCUT2D eigenvalue weighted by Gasteiger charge is 2.44. The van der Waals surface area contributed by atoms with Crippen molar-refractivity contribution in [2.75, 3.05) is 20.3 Å². The topological polar surface area (TPSA) is 156 Å². The normalized spacial score (nSPS) is 16.3. The molecule has 51 heavy (non-hydrogen) atoms. The molecule has 3 atom stereocenters. The van der Waals surface area contributed by atoms with Gasteiger partial charge in [-0.2, -0.15) is 26.3 Å². The molecule has 0 spiro atoms. The third kappa shape index (κ3) is 9.58. The Morgan fingerprint density at radius 1 is 0.941 bits per heavy atom. The Kier molecular flexibility index (Phi) is 12.0. The molecular formula is C34H36F6N4O7. The van der Waals surface area contributed by atoms with Crippen LogP contribution in [0.25, 0.3) is 10.9 Å². The zero-order valence-electron chi connectivity index (χ0n) is 27.7. The molecule has 276 valence electrons. The Morgan fingerprint density at radius 2 is 1.59 bits per heavy atom. The van der Waals surface area contributed by atoms with Gasteiger partial charge in [0.15, 0.2) is 12.4 Å². The van der Waals surface area contributed by atoms with Crippen molar-refractivity contribution in [3.8, 4) is 5.75 Å². The van der Waals surface area contributed by atoms with Gasteiger partial charge in [-0.05, 0) is 61.9 Å². The minimum Gasteiger partial charge on any atom is -0.496 e. The van der Waals surface area contributed by atoms with Gasteiger partial charge in [0, 0.05) is 23.4 Å². The minimum absolute atomic E-state index is 0.0787. The summed E-state index contributed by atoms with van der Waals surface area (Å²) in [6.07, 6.45) is -10.2. The van der Waals surface area contributed by atoms with Crippen molar-refractivity contribution in [1.82, 2.24) is 20.9 Å². The van der Waals surface area contributed by atoms with Crippen LogP contribution in [0.1, 0.15) is 71.5 Å². The molecule has 1 aromatic heterocycles. The molecule has 0 radical (unpaired) electrons. The summed E-state index contributed by atoms with van der Waals surface area (Å²) in [6, 6.07) is 4.84. The predicted octanol–water partition coefficient (Wildman–Crippen LogP) is 5.19.